The molecule has 8 heteroatoms. The lowest BCUT2D eigenvalue weighted by molar-refractivity contribution is -0.141. The Bertz CT molecular complexity index is 845. The number of carboxylic acid groups (broad SMARTS) is 1. The molecule has 1 fully saturated rings. The third-order valence-electron chi connectivity index (χ3n) is 4.55. The number of likely N-dealkylation sites (tertiary alicyclic amines) is 1. The van der Waals surface area contributed by atoms with Crippen molar-refractivity contribution in [3.05, 3.63) is 59.4 Å². The molecule has 1 amide bonds. The predicted molar refractivity (Wildman–Crippen MR) is 86.9 cm³/mol. The smallest absolute Gasteiger partial charge is 0.308 e. The second kappa shape index (κ2) is 7.07. The van der Waals surface area contributed by atoms with Gasteiger partial charge in [0.15, 0.2) is 11.6 Å². The average Bonchev–Trinajstić information content (AvgIpc) is 3.10. The average molecular weight is 362 g/mol. The zero-order chi connectivity index (χ0) is 18.8. The van der Waals surface area contributed by atoms with Crippen LogP contribution in [0.4, 0.5) is 8.78 Å². The van der Waals surface area contributed by atoms with Gasteiger partial charge in [-0.3, -0.25) is 14.6 Å². The summed E-state index contributed by atoms with van der Waals surface area (Å²) in [6.07, 6.45) is 3.07. The fraction of sp³-hybridized carbons (Fsp3) is 0.278. The summed E-state index contributed by atoms with van der Waals surface area (Å²) < 4.78 is 32.8. The summed E-state index contributed by atoms with van der Waals surface area (Å²) in [7, 11) is 1.24. The van der Waals surface area contributed by atoms with Gasteiger partial charge in [-0.25, -0.2) is 8.78 Å². The number of aromatic nitrogens is 1. The summed E-state index contributed by atoms with van der Waals surface area (Å²) in [5.41, 5.74) is 0.182. The number of rotatable bonds is 4. The van der Waals surface area contributed by atoms with E-state index in [-0.39, 0.29) is 18.8 Å². The summed E-state index contributed by atoms with van der Waals surface area (Å²) in [5.74, 6) is -5.78. The highest BCUT2D eigenvalue weighted by molar-refractivity contribution is 5.98. The van der Waals surface area contributed by atoms with Crippen LogP contribution in [-0.2, 0) is 4.79 Å². The van der Waals surface area contributed by atoms with E-state index < -0.39 is 40.9 Å². The molecule has 1 aromatic heterocycles. The van der Waals surface area contributed by atoms with Crippen LogP contribution in [0.5, 0.6) is 5.75 Å². The lowest BCUT2D eigenvalue weighted by Gasteiger charge is -2.18. The van der Waals surface area contributed by atoms with Crippen LogP contribution in [0.3, 0.4) is 0 Å². The van der Waals surface area contributed by atoms with E-state index in [4.69, 9.17) is 4.74 Å². The molecule has 0 saturated carbocycles. The topological polar surface area (TPSA) is 79.7 Å². The van der Waals surface area contributed by atoms with E-state index in [1.165, 1.54) is 24.4 Å². The zero-order valence-corrected chi connectivity index (χ0v) is 13.9. The largest absolute Gasteiger partial charge is 0.496 e. The molecule has 2 atom stereocenters. The van der Waals surface area contributed by atoms with Crippen LogP contribution in [0.2, 0.25) is 0 Å². The molecule has 1 saturated heterocycles. The molecule has 6 nitrogen and oxygen atoms in total. The number of nitrogens with zero attached hydrogens (tertiary/aromatic N) is 2. The summed E-state index contributed by atoms with van der Waals surface area (Å²) in [6.45, 7) is -0.0425. The molecular formula is C18H16F2N2O4. The third-order valence-corrected chi connectivity index (χ3v) is 4.55. The second-order valence-electron chi connectivity index (χ2n) is 5.98. The highest BCUT2D eigenvalue weighted by atomic mass is 19.2. The number of methoxy groups -OCH3 is 1. The van der Waals surface area contributed by atoms with Gasteiger partial charge in [0, 0.05) is 31.4 Å². The Labute approximate surface area is 148 Å². The van der Waals surface area contributed by atoms with Crippen LogP contribution in [0, 0.1) is 17.6 Å². The van der Waals surface area contributed by atoms with Crippen LogP contribution in [0.15, 0.2) is 36.7 Å². The van der Waals surface area contributed by atoms with Gasteiger partial charge in [-0.2, -0.15) is 0 Å². The Morgan fingerprint density at radius 1 is 1.19 bits per heavy atom. The molecule has 0 spiro atoms. The molecule has 1 N–H and O–H groups in total. The van der Waals surface area contributed by atoms with Gasteiger partial charge >= 0.3 is 5.97 Å². The first kappa shape index (κ1) is 17.8. The number of pyridine rings is 1. The van der Waals surface area contributed by atoms with Gasteiger partial charge in [0.1, 0.15) is 11.3 Å². The minimum absolute atomic E-state index is 0.0684. The third kappa shape index (κ3) is 3.10. The van der Waals surface area contributed by atoms with Crippen molar-refractivity contribution in [1.29, 1.82) is 0 Å². The Morgan fingerprint density at radius 2 is 1.88 bits per heavy atom. The maximum absolute atomic E-state index is 14.2. The van der Waals surface area contributed by atoms with E-state index in [9.17, 15) is 23.5 Å². The minimum atomic E-state index is -1.31. The molecule has 2 aromatic rings. The van der Waals surface area contributed by atoms with Gasteiger partial charge in [-0.15, -0.1) is 0 Å². The number of halogens is 2. The van der Waals surface area contributed by atoms with Gasteiger partial charge in [0.25, 0.3) is 5.91 Å². The second-order valence-corrected chi connectivity index (χ2v) is 5.98. The van der Waals surface area contributed by atoms with Crippen molar-refractivity contribution < 1.29 is 28.2 Å². The molecule has 0 aliphatic carbocycles. The molecule has 136 valence electrons. The standard InChI is InChI=1S/C18H16F2N2O4/c1-26-14-3-2-13(19)16(20)15(14)17(23)22-8-11(12(9-22)18(24)25)10-4-6-21-7-5-10/h2-7,11-12H,8-9H2,1H3,(H,24,25)/t11-,12+/m0/s1. The van der Waals surface area contributed by atoms with Gasteiger partial charge in [0.2, 0.25) is 0 Å². The molecule has 26 heavy (non-hydrogen) atoms. The number of carbonyl (C=O) groups is 2. The number of hydrogen-bond donors (Lipinski definition) is 1. The molecular weight excluding hydrogens is 346 g/mol. The first-order valence-corrected chi connectivity index (χ1v) is 7.88. The van der Waals surface area contributed by atoms with Crippen molar-refractivity contribution in [2.24, 2.45) is 5.92 Å². The van der Waals surface area contributed by atoms with E-state index in [0.717, 1.165) is 17.7 Å². The fourth-order valence-electron chi connectivity index (χ4n) is 3.23. The van der Waals surface area contributed by atoms with Gasteiger partial charge < -0.3 is 14.7 Å². The van der Waals surface area contributed by atoms with Crippen LogP contribution in [0.1, 0.15) is 21.8 Å². The Hall–Kier alpha value is -3.03. The summed E-state index contributed by atoms with van der Waals surface area (Å²) in [5, 5.41) is 9.50. The van der Waals surface area contributed by atoms with Crippen molar-refractivity contribution in [3.63, 3.8) is 0 Å². The minimum Gasteiger partial charge on any atom is -0.496 e. The molecule has 2 heterocycles. The van der Waals surface area contributed by atoms with Crippen molar-refractivity contribution in [3.8, 4) is 5.75 Å². The van der Waals surface area contributed by atoms with Gasteiger partial charge in [-0.05, 0) is 29.8 Å². The zero-order valence-electron chi connectivity index (χ0n) is 13.9. The maximum atomic E-state index is 14.2. The Morgan fingerprint density at radius 3 is 2.50 bits per heavy atom. The summed E-state index contributed by atoms with van der Waals surface area (Å²) in [6, 6.07) is 5.39. The molecule has 0 bridgehead atoms. The lowest BCUT2D eigenvalue weighted by atomic mass is 9.90. The Kier molecular flexibility index (Phi) is 4.83. The molecule has 0 unspecified atom stereocenters. The van der Waals surface area contributed by atoms with Crippen molar-refractivity contribution in [2.75, 3.05) is 20.2 Å². The Balaban J connectivity index is 1.95. The number of aliphatic carboxylic acids is 1. The number of hydrogen-bond acceptors (Lipinski definition) is 4. The van der Waals surface area contributed by atoms with E-state index in [2.05, 4.69) is 4.98 Å². The number of amides is 1. The molecule has 1 aliphatic rings. The van der Waals surface area contributed by atoms with Crippen LogP contribution >= 0.6 is 0 Å². The first-order valence-electron chi connectivity index (χ1n) is 7.88. The van der Waals surface area contributed by atoms with Crippen LogP contribution in [-0.4, -0.2) is 47.1 Å². The number of ether oxygens (including phenoxy) is 1. The number of benzene rings is 1. The van der Waals surface area contributed by atoms with Crippen LogP contribution in [0.25, 0.3) is 0 Å². The molecule has 0 radical (unpaired) electrons. The number of carbonyl (C=O) groups excluding carboxylic acids is 1. The summed E-state index contributed by atoms with van der Waals surface area (Å²) in [4.78, 5) is 29.5. The monoisotopic (exact) mass is 362 g/mol. The maximum Gasteiger partial charge on any atom is 0.308 e. The summed E-state index contributed by atoms with van der Waals surface area (Å²) >= 11 is 0. The molecule has 1 aromatic carbocycles. The van der Waals surface area contributed by atoms with Crippen LogP contribution < -0.4 is 4.74 Å². The fourth-order valence-corrected chi connectivity index (χ4v) is 3.23. The van der Waals surface area contributed by atoms with Crippen molar-refractivity contribution in [2.45, 2.75) is 5.92 Å². The van der Waals surface area contributed by atoms with Crippen molar-refractivity contribution >= 4 is 11.9 Å². The van der Waals surface area contributed by atoms with E-state index >= 15 is 0 Å². The highest BCUT2D eigenvalue weighted by Crippen LogP contribution is 2.35. The highest BCUT2D eigenvalue weighted by Gasteiger charge is 2.42. The van der Waals surface area contributed by atoms with Crippen molar-refractivity contribution in [1.82, 2.24) is 9.88 Å². The molecule has 3 rings (SSSR count). The van der Waals surface area contributed by atoms with Gasteiger partial charge in [0.05, 0.1) is 13.0 Å². The SMILES string of the molecule is COc1ccc(F)c(F)c1C(=O)N1C[C@@H](C(=O)O)[C@H](c2ccncc2)C1. The quantitative estimate of drug-likeness (QED) is 0.903. The van der Waals surface area contributed by atoms with Gasteiger partial charge in [-0.1, -0.05) is 0 Å². The van der Waals surface area contributed by atoms with E-state index in [0.29, 0.717) is 0 Å². The van der Waals surface area contributed by atoms with E-state index in [1.54, 1.807) is 12.1 Å². The predicted octanol–water partition coefficient (Wildman–Crippen LogP) is 2.31. The molecule has 1 aliphatic heterocycles. The first-order chi connectivity index (χ1) is 12.4. The van der Waals surface area contributed by atoms with E-state index in [1.807, 2.05) is 0 Å². The lowest BCUT2D eigenvalue weighted by Crippen LogP contribution is -2.31. The number of carboxylic acids is 1. The normalized spacial score (nSPS) is 19.4.